The van der Waals surface area contributed by atoms with Crippen LogP contribution >= 0.6 is 11.6 Å². The van der Waals surface area contributed by atoms with Gasteiger partial charge < -0.3 is 14.8 Å². The third-order valence-corrected chi connectivity index (χ3v) is 5.09. The van der Waals surface area contributed by atoms with E-state index in [2.05, 4.69) is 10.2 Å². The predicted molar refractivity (Wildman–Crippen MR) is 107 cm³/mol. The SMILES string of the molecule is COc1ccc(C(=O)CNCC(c2ccc(Cl)cc2)N2CCOCC2)cc1F. The van der Waals surface area contributed by atoms with Gasteiger partial charge in [-0.3, -0.25) is 9.69 Å². The summed E-state index contributed by atoms with van der Waals surface area (Å²) < 4.78 is 24.2. The number of Topliss-reactive ketones (excluding diaryl/α,β-unsaturated/α-hetero) is 1. The number of ketones is 1. The van der Waals surface area contributed by atoms with Crippen LogP contribution in [0.15, 0.2) is 42.5 Å². The molecule has 0 radical (unpaired) electrons. The molecule has 0 spiro atoms. The standard InChI is InChI=1S/C21H24ClFN2O3/c1-27-21-7-4-16(12-18(21)23)20(26)14-24-13-19(25-8-10-28-11-9-25)15-2-5-17(22)6-3-15/h2-7,12,19,24H,8-11,13-14H2,1H3. The summed E-state index contributed by atoms with van der Waals surface area (Å²) in [5.74, 6) is -0.585. The summed E-state index contributed by atoms with van der Waals surface area (Å²) in [6, 6.07) is 12.1. The van der Waals surface area contributed by atoms with Gasteiger partial charge >= 0.3 is 0 Å². The van der Waals surface area contributed by atoms with E-state index in [1.54, 1.807) is 6.07 Å². The highest BCUT2D eigenvalue weighted by molar-refractivity contribution is 6.30. The molecule has 1 fully saturated rings. The van der Waals surface area contributed by atoms with Crippen molar-refractivity contribution >= 4 is 17.4 Å². The molecule has 2 aromatic carbocycles. The lowest BCUT2D eigenvalue weighted by Crippen LogP contribution is -2.43. The number of morpholine rings is 1. The van der Waals surface area contributed by atoms with Crippen LogP contribution in [0.3, 0.4) is 0 Å². The first-order chi connectivity index (χ1) is 13.6. The Labute approximate surface area is 169 Å². The molecule has 1 aliphatic rings. The van der Waals surface area contributed by atoms with Crippen molar-refractivity contribution in [1.82, 2.24) is 10.2 Å². The van der Waals surface area contributed by atoms with Crippen LogP contribution in [-0.4, -0.2) is 57.2 Å². The lowest BCUT2D eigenvalue weighted by atomic mass is 10.0. The van der Waals surface area contributed by atoms with Crippen molar-refractivity contribution in [3.8, 4) is 5.75 Å². The molecule has 150 valence electrons. The summed E-state index contributed by atoms with van der Waals surface area (Å²) in [7, 11) is 1.39. The fraction of sp³-hybridized carbons (Fsp3) is 0.381. The third kappa shape index (κ3) is 5.29. The highest BCUT2D eigenvalue weighted by Crippen LogP contribution is 2.23. The zero-order valence-electron chi connectivity index (χ0n) is 15.8. The van der Waals surface area contributed by atoms with E-state index in [0.717, 1.165) is 18.7 Å². The third-order valence-electron chi connectivity index (χ3n) is 4.84. The molecule has 1 aliphatic heterocycles. The first kappa shape index (κ1) is 20.7. The van der Waals surface area contributed by atoms with Crippen LogP contribution < -0.4 is 10.1 Å². The number of hydrogen-bond acceptors (Lipinski definition) is 5. The van der Waals surface area contributed by atoms with Crippen LogP contribution in [-0.2, 0) is 4.74 Å². The van der Waals surface area contributed by atoms with Crippen LogP contribution in [0.2, 0.25) is 5.02 Å². The van der Waals surface area contributed by atoms with Gasteiger partial charge in [0, 0.05) is 36.3 Å². The van der Waals surface area contributed by atoms with E-state index in [1.165, 1.54) is 19.2 Å². The molecule has 1 atom stereocenters. The molecule has 1 heterocycles. The maximum absolute atomic E-state index is 13.8. The van der Waals surface area contributed by atoms with E-state index in [0.29, 0.717) is 30.3 Å². The van der Waals surface area contributed by atoms with Crippen LogP contribution in [0.4, 0.5) is 4.39 Å². The first-order valence-electron chi connectivity index (χ1n) is 9.23. The van der Waals surface area contributed by atoms with E-state index >= 15 is 0 Å². The van der Waals surface area contributed by atoms with Gasteiger partial charge in [-0.1, -0.05) is 23.7 Å². The highest BCUT2D eigenvalue weighted by atomic mass is 35.5. The van der Waals surface area contributed by atoms with Crippen LogP contribution in [0.1, 0.15) is 22.0 Å². The van der Waals surface area contributed by atoms with Crippen LogP contribution in [0.25, 0.3) is 0 Å². The van der Waals surface area contributed by atoms with Gasteiger partial charge in [0.1, 0.15) is 0 Å². The van der Waals surface area contributed by atoms with Gasteiger partial charge in [0.2, 0.25) is 0 Å². The fourth-order valence-corrected chi connectivity index (χ4v) is 3.42. The maximum atomic E-state index is 13.8. The van der Waals surface area contributed by atoms with Gasteiger partial charge in [-0.25, -0.2) is 4.39 Å². The molecular formula is C21H24ClFN2O3. The normalized spacial score (nSPS) is 16.0. The minimum absolute atomic E-state index is 0.0987. The topological polar surface area (TPSA) is 50.8 Å². The Morgan fingerprint density at radius 2 is 1.96 bits per heavy atom. The summed E-state index contributed by atoms with van der Waals surface area (Å²) in [6.45, 7) is 3.74. The van der Waals surface area contributed by atoms with Gasteiger partial charge in [-0.15, -0.1) is 0 Å². The lowest BCUT2D eigenvalue weighted by Gasteiger charge is -2.35. The molecule has 5 nitrogen and oxygen atoms in total. The molecule has 0 amide bonds. The smallest absolute Gasteiger partial charge is 0.176 e. The van der Waals surface area contributed by atoms with E-state index < -0.39 is 5.82 Å². The number of carbonyl (C=O) groups excluding carboxylic acids is 1. The molecule has 1 N–H and O–H groups in total. The Morgan fingerprint density at radius 3 is 2.61 bits per heavy atom. The predicted octanol–water partition coefficient (Wildman–Crippen LogP) is 3.33. The van der Waals surface area contributed by atoms with E-state index in [1.807, 2.05) is 24.3 Å². The number of nitrogens with one attached hydrogen (secondary N) is 1. The number of benzene rings is 2. The summed E-state index contributed by atoms with van der Waals surface area (Å²) in [6.07, 6.45) is 0. The molecule has 0 aromatic heterocycles. The van der Waals surface area contributed by atoms with Crippen LogP contribution in [0.5, 0.6) is 5.75 Å². The summed E-state index contributed by atoms with van der Waals surface area (Å²) in [5, 5.41) is 3.91. The average molecular weight is 407 g/mol. The highest BCUT2D eigenvalue weighted by Gasteiger charge is 2.22. The van der Waals surface area contributed by atoms with Crippen molar-refractivity contribution in [3.05, 3.63) is 64.4 Å². The molecule has 1 unspecified atom stereocenters. The van der Waals surface area contributed by atoms with Crippen molar-refractivity contribution < 1.29 is 18.7 Å². The molecule has 0 bridgehead atoms. The number of carbonyl (C=O) groups is 1. The van der Waals surface area contributed by atoms with Crippen LogP contribution in [0, 0.1) is 5.82 Å². The largest absolute Gasteiger partial charge is 0.494 e. The Balaban J connectivity index is 1.63. The minimum Gasteiger partial charge on any atom is -0.494 e. The van der Waals surface area contributed by atoms with Gasteiger partial charge in [0.15, 0.2) is 17.3 Å². The van der Waals surface area contributed by atoms with Crippen molar-refractivity contribution in [2.45, 2.75) is 6.04 Å². The number of ether oxygens (including phenoxy) is 2. The molecule has 7 heteroatoms. The zero-order valence-corrected chi connectivity index (χ0v) is 16.5. The Morgan fingerprint density at radius 1 is 1.25 bits per heavy atom. The molecular weight excluding hydrogens is 383 g/mol. The number of methoxy groups -OCH3 is 1. The maximum Gasteiger partial charge on any atom is 0.176 e. The van der Waals surface area contributed by atoms with Gasteiger partial charge in [0.05, 0.1) is 26.9 Å². The van der Waals surface area contributed by atoms with E-state index in [9.17, 15) is 9.18 Å². The quantitative estimate of drug-likeness (QED) is 0.681. The number of rotatable bonds is 8. The molecule has 3 rings (SSSR count). The summed E-state index contributed by atoms with van der Waals surface area (Å²) in [4.78, 5) is 14.7. The lowest BCUT2D eigenvalue weighted by molar-refractivity contribution is 0.0162. The first-order valence-corrected chi connectivity index (χ1v) is 9.61. The van der Waals surface area contributed by atoms with Crippen molar-refractivity contribution in [1.29, 1.82) is 0 Å². The number of nitrogens with zero attached hydrogens (tertiary/aromatic N) is 1. The molecule has 28 heavy (non-hydrogen) atoms. The number of hydrogen-bond donors (Lipinski definition) is 1. The second-order valence-electron chi connectivity index (χ2n) is 6.62. The summed E-state index contributed by atoms with van der Waals surface area (Å²) >= 11 is 6.02. The molecule has 1 saturated heterocycles. The van der Waals surface area contributed by atoms with Crippen molar-refractivity contribution in [3.63, 3.8) is 0 Å². The fourth-order valence-electron chi connectivity index (χ4n) is 3.30. The number of halogens is 2. The second-order valence-corrected chi connectivity index (χ2v) is 7.06. The zero-order chi connectivity index (χ0) is 19.9. The molecule has 0 aliphatic carbocycles. The van der Waals surface area contributed by atoms with Crippen molar-refractivity contribution in [2.75, 3.05) is 46.5 Å². The van der Waals surface area contributed by atoms with Crippen molar-refractivity contribution in [2.24, 2.45) is 0 Å². The Hall–Kier alpha value is -1.99. The Kier molecular flexibility index (Phi) is 7.39. The van der Waals surface area contributed by atoms with E-state index in [4.69, 9.17) is 21.1 Å². The monoisotopic (exact) mass is 406 g/mol. The van der Waals surface area contributed by atoms with E-state index in [-0.39, 0.29) is 24.1 Å². The average Bonchev–Trinajstić information content (AvgIpc) is 2.72. The molecule has 2 aromatic rings. The second kappa shape index (κ2) is 9.98. The van der Waals surface area contributed by atoms with Gasteiger partial charge in [-0.2, -0.15) is 0 Å². The summed E-state index contributed by atoms with van der Waals surface area (Å²) in [5.41, 5.74) is 1.45. The minimum atomic E-state index is -0.541. The Bertz CT molecular complexity index is 795. The van der Waals surface area contributed by atoms with Gasteiger partial charge in [0.25, 0.3) is 0 Å². The molecule has 0 saturated carbocycles. The van der Waals surface area contributed by atoms with Gasteiger partial charge in [-0.05, 0) is 35.9 Å².